The first-order valence-electron chi connectivity index (χ1n) is 21.0. The molecule has 9 rings (SSSR count). The first-order chi connectivity index (χ1) is 30.1. The highest BCUT2D eigenvalue weighted by Gasteiger charge is 2.47. The van der Waals surface area contributed by atoms with Crippen molar-refractivity contribution in [2.75, 3.05) is 23.3 Å². The van der Waals surface area contributed by atoms with Gasteiger partial charge in [-0.3, -0.25) is 14.9 Å². The molecule has 4 aromatic carbocycles. The molecule has 2 aliphatic carbocycles. The number of aromatic nitrogens is 2. The average Bonchev–Trinajstić information content (AvgIpc) is 3.91. The maximum Gasteiger partial charge on any atom is 0.293 e. The first kappa shape index (κ1) is 41.9. The van der Waals surface area contributed by atoms with Gasteiger partial charge in [-0.25, -0.2) is 26.9 Å². The fourth-order valence-electron chi connectivity index (χ4n) is 8.84. The zero-order chi connectivity index (χ0) is 44.1. The number of amides is 1. The molecule has 16 heteroatoms. The van der Waals surface area contributed by atoms with Gasteiger partial charge in [-0.15, -0.1) is 0 Å². The van der Waals surface area contributed by atoms with Crippen molar-refractivity contribution in [1.29, 1.82) is 0 Å². The van der Waals surface area contributed by atoms with Crippen molar-refractivity contribution in [2.24, 2.45) is 5.92 Å². The van der Waals surface area contributed by atoms with E-state index in [1.807, 2.05) is 24.3 Å². The number of H-pyrrole nitrogens is 1. The van der Waals surface area contributed by atoms with Crippen LogP contribution < -0.4 is 19.7 Å². The Hall–Kier alpha value is -6.39. The number of sulfonamides is 1. The lowest BCUT2D eigenvalue weighted by Crippen LogP contribution is -2.32. The van der Waals surface area contributed by atoms with Crippen LogP contribution >= 0.6 is 0 Å². The molecule has 0 radical (unpaired) electrons. The summed E-state index contributed by atoms with van der Waals surface area (Å²) in [6, 6.07) is 26.1. The zero-order valence-corrected chi connectivity index (χ0v) is 35.2. The van der Waals surface area contributed by atoms with Crippen LogP contribution in [0.3, 0.4) is 0 Å². The van der Waals surface area contributed by atoms with Gasteiger partial charge in [0.15, 0.2) is 0 Å². The summed E-state index contributed by atoms with van der Waals surface area (Å²) in [5.41, 5.74) is 3.35. The Balaban J connectivity index is 0.978. The van der Waals surface area contributed by atoms with Crippen molar-refractivity contribution in [3.05, 3.63) is 136 Å². The number of halogens is 2. The van der Waals surface area contributed by atoms with E-state index < -0.39 is 55.5 Å². The molecule has 2 aromatic heterocycles. The normalized spacial score (nSPS) is 21.0. The number of benzene rings is 4. The molecule has 1 saturated heterocycles. The molecule has 1 aliphatic heterocycles. The van der Waals surface area contributed by atoms with Crippen LogP contribution in [0, 0.1) is 16.0 Å². The number of aromatic amines is 1. The van der Waals surface area contributed by atoms with Crippen molar-refractivity contribution in [3.63, 3.8) is 0 Å². The zero-order valence-electron chi connectivity index (χ0n) is 34.4. The number of aliphatic hydroxyl groups is 1. The Kier molecular flexibility index (Phi) is 10.9. The van der Waals surface area contributed by atoms with Crippen molar-refractivity contribution >= 4 is 44.0 Å². The van der Waals surface area contributed by atoms with E-state index >= 15 is 8.78 Å². The summed E-state index contributed by atoms with van der Waals surface area (Å²) in [4.78, 5) is 34.0. The highest BCUT2D eigenvalue weighted by Crippen LogP contribution is 2.49. The minimum Gasteiger partial charge on any atom is -0.455 e. The van der Waals surface area contributed by atoms with Gasteiger partial charge in [0.25, 0.3) is 27.5 Å². The predicted octanol–water partition coefficient (Wildman–Crippen LogP) is 9.87. The molecule has 63 heavy (non-hydrogen) atoms. The number of carbonyl (C=O) groups is 1. The highest BCUT2D eigenvalue weighted by atomic mass is 32.2. The van der Waals surface area contributed by atoms with Gasteiger partial charge in [-0.1, -0.05) is 42.5 Å². The number of nitrogens with one attached hydrogen (secondary N) is 3. The van der Waals surface area contributed by atoms with E-state index in [2.05, 4.69) is 20.0 Å². The Bertz CT molecular complexity index is 2820. The molecule has 1 unspecified atom stereocenters. The summed E-state index contributed by atoms with van der Waals surface area (Å²) in [7, 11) is -4.64. The molecule has 2 saturated carbocycles. The van der Waals surface area contributed by atoms with Crippen molar-refractivity contribution in [1.82, 2.24) is 14.7 Å². The molecule has 0 bridgehead atoms. The molecular formula is C47H46F2N6O7S. The van der Waals surface area contributed by atoms with Gasteiger partial charge >= 0.3 is 0 Å². The Morgan fingerprint density at radius 3 is 2.43 bits per heavy atom. The number of anilines is 2. The third kappa shape index (κ3) is 9.09. The van der Waals surface area contributed by atoms with Gasteiger partial charge in [0.05, 0.1) is 39.8 Å². The second-order valence-corrected chi connectivity index (χ2v) is 18.9. The van der Waals surface area contributed by atoms with Gasteiger partial charge < -0.3 is 25.0 Å². The third-order valence-corrected chi connectivity index (χ3v) is 13.8. The van der Waals surface area contributed by atoms with Crippen LogP contribution in [0.5, 0.6) is 11.5 Å². The number of fused-ring (bicyclic) bond motifs is 1. The van der Waals surface area contributed by atoms with E-state index in [4.69, 9.17) is 4.74 Å². The number of carbonyl (C=O) groups excluding carboxylic acids is 1. The Labute approximate surface area is 362 Å². The molecule has 326 valence electrons. The summed E-state index contributed by atoms with van der Waals surface area (Å²) in [6.45, 7) is 1.78. The van der Waals surface area contributed by atoms with Crippen LogP contribution in [-0.2, 0) is 10.0 Å². The molecule has 1 atom stereocenters. The van der Waals surface area contributed by atoms with Crippen LogP contribution in [0.15, 0.2) is 114 Å². The summed E-state index contributed by atoms with van der Waals surface area (Å²) >= 11 is 0. The fourth-order valence-corrected chi connectivity index (χ4v) is 9.83. The molecule has 3 aliphatic rings. The van der Waals surface area contributed by atoms with Crippen molar-refractivity contribution in [3.8, 4) is 22.6 Å². The minimum atomic E-state index is -4.64. The largest absolute Gasteiger partial charge is 0.455 e. The van der Waals surface area contributed by atoms with Crippen LogP contribution in [-0.4, -0.2) is 58.9 Å². The molecule has 0 spiro atoms. The standard InChI is InChI=1S/C47H46F2N6O7S/c1-46(57)19-16-29(17-20-46)26-51-40-15-13-36(24-41(40)55(58)59)63(60,61)53-45(56)39-14-10-32(23-43(39)62-35-22-33-18-21-50-44(33)52-27-35)30-8-11-34(12-9-30)54-28-47(48,49)25-42(54)38-5-3-2-4-37(38)31-6-7-31/h2-5,8-15,18,21-24,27,29,31,42,51,57H,6-7,16-17,19-20,25-26,28H2,1H3,(H,50,52)(H,53,56). The number of nitro groups is 1. The molecule has 1 amide bonds. The second kappa shape index (κ2) is 16.4. The Morgan fingerprint density at radius 2 is 1.70 bits per heavy atom. The molecule has 13 nitrogen and oxygen atoms in total. The smallest absolute Gasteiger partial charge is 0.293 e. The van der Waals surface area contributed by atoms with Crippen LogP contribution in [0.1, 0.15) is 85.3 Å². The average molecular weight is 877 g/mol. The molecule has 4 N–H and O–H groups in total. The number of hydrogen-bond acceptors (Lipinski definition) is 10. The number of nitrogens with zero attached hydrogens (tertiary/aromatic N) is 3. The monoisotopic (exact) mass is 876 g/mol. The molecular weight excluding hydrogens is 831 g/mol. The predicted molar refractivity (Wildman–Crippen MR) is 235 cm³/mol. The van der Waals surface area contributed by atoms with Crippen LogP contribution in [0.4, 0.5) is 25.8 Å². The van der Waals surface area contributed by atoms with Crippen LogP contribution in [0.2, 0.25) is 0 Å². The lowest BCUT2D eigenvalue weighted by molar-refractivity contribution is -0.384. The topological polar surface area (TPSA) is 180 Å². The van der Waals surface area contributed by atoms with Gasteiger partial charge in [-0.2, -0.15) is 0 Å². The number of rotatable bonds is 13. The quantitative estimate of drug-likeness (QED) is 0.0645. The van der Waals surface area contributed by atoms with Crippen molar-refractivity contribution < 1.29 is 36.8 Å². The third-order valence-electron chi connectivity index (χ3n) is 12.5. The van der Waals surface area contributed by atoms with Gasteiger partial charge in [0.2, 0.25) is 0 Å². The van der Waals surface area contributed by atoms with Gasteiger partial charge in [0, 0.05) is 36.3 Å². The second-order valence-electron chi connectivity index (χ2n) is 17.2. The summed E-state index contributed by atoms with van der Waals surface area (Å²) in [5.74, 6) is -3.09. The maximum atomic E-state index is 15.1. The number of alkyl halides is 2. The number of pyridine rings is 1. The summed E-state index contributed by atoms with van der Waals surface area (Å²) in [5, 5.41) is 26.2. The first-order valence-corrected chi connectivity index (χ1v) is 22.5. The molecule has 3 fully saturated rings. The fraction of sp³-hybridized carbons (Fsp3) is 0.319. The van der Waals surface area contributed by atoms with E-state index in [0.717, 1.165) is 48.3 Å². The Morgan fingerprint density at radius 1 is 0.968 bits per heavy atom. The van der Waals surface area contributed by atoms with E-state index in [0.29, 0.717) is 47.8 Å². The maximum absolute atomic E-state index is 15.1. The lowest BCUT2D eigenvalue weighted by Gasteiger charge is -2.33. The van der Waals surface area contributed by atoms with Gasteiger partial charge in [0.1, 0.15) is 22.8 Å². The van der Waals surface area contributed by atoms with E-state index in [9.17, 15) is 28.4 Å². The minimum absolute atomic E-state index is 0.00773. The summed E-state index contributed by atoms with van der Waals surface area (Å²) in [6.07, 6.45) is 7.69. The highest BCUT2D eigenvalue weighted by molar-refractivity contribution is 7.90. The number of ether oxygens (including phenoxy) is 1. The van der Waals surface area contributed by atoms with E-state index in [-0.39, 0.29) is 35.1 Å². The number of nitro benzene ring substituents is 1. The molecule has 3 heterocycles. The van der Waals surface area contributed by atoms with Crippen LogP contribution in [0.25, 0.3) is 22.2 Å². The summed E-state index contributed by atoms with van der Waals surface area (Å²) < 4.78 is 65.9. The SMILES string of the molecule is CC1(O)CCC(CNc2ccc(S(=O)(=O)NC(=O)c3ccc(-c4ccc(N5CC(F)(F)CC5c5ccccc5C5CC5)cc4)cc3Oc3cnc4[nH]ccc4c3)cc2[N+](=O)[O-])CC1. The van der Waals surface area contributed by atoms with Crippen molar-refractivity contribution in [2.45, 2.75) is 80.2 Å². The van der Waals surface area contributed by atoms with E-state index in [1.54, 1.807) is 66.6 Å². The molecule has 6 aromatic rings. The van der Waals surface area contributed by atoms with Gasteiger partial charge in [-0.05, 0) is 128 Å². The van der Waals surface area contributed by atoms with E-state index in [1.165, 1.54) is 24.4 Å². The number of hydrogen-bond donors (Lipinski definition) is 4. The lowest BCUT2D eigenvalue weighted by atomic mass is 9.80.